The van der Waals surface area contributed by atoms with Crippen molar-refractivity contribution in [3.8, 4) is 0 Å². The van der Waals surface area contributed by atoms with E-state index in [1.807, 2.05) is 0 Å². The van der Waals surface area contributed by atoms with E-state index in [1.54, 1.807) is 0 Å². The summed E-state index contributed by atoms with van der Waals surface area (Å²) in [7, 11) is -10.3. The van der Waals surface area contributed by atoms with Gasteiger partial charge in [-0.05, 0) is 6.92 Å². The topological polar surface area (TPSA) is 218 Å². The Hall–Kier alpha value is -0.311. The Morgan fingerprint density at radius 2 is 1.06 bits per heavy atom. The summed E-state index contributed by atoms with van der Waals surface area (Å²) < 4.78 is 68.2. The second-order valence-corrected chi connectivity index (χ2v) is 3.46. The Balaban J connectivity index is -0.0000000729. The molecule has 1 atom stereocenters. The van der Waals surface area contributed by atoms with Crippen molar-refractivity contribution in [3.63, 3.8) is 0 Å². The Morgan fingerprint density at radius 3 is 1.06 bits per heavy atom. The van der Waals surface area contributed by atoms with Crippen LogP contribution in [0.3, 0.4) is 0 Å². The van der Waals surface area contributed by atoms with Gasteiger partial charge >= 0.3 is 23.0 Å². The number of hydrogen-bond donors (Lipinski definition) is 2. The van der Waals surface area contributed by atoms with Crippen LogP contribution in [0.4, 0.5) is 0 Å². The molecule has 0 bridgehead atoms. The molecule has 0 aromatic heterocycles. The first kappa shape index (κ1) is 25.5. The minimum Gasteiger partial charge on any atom is -0.759 e. The number of hydrogen-bond acceptors (Lipinski definition) is 10. The minimum atomic E-state index is -5.17. The summed E-state index contributed by atoms with van der Waals surface area (Å²) in [5.41, 5.74) is 0. The monoisotopic (exact) mass is 338 g/mol. The van der Waals surface area contributed by atoms with Crippen molar-refractivity contribution in [3.05, 3.63) is 0 Å². The molecule has 14 heteroatoms. The summed E-state index contributed by atoms with van der Waals surface area (Å²) >= 11 is 0. The Bertz CT molecular complexity index is 333. The van der Waals surface area contributed by atoms with Crippen molar-refractivity contribution >= 4 is 26.8 Å². The van der Waals surface area contributed by atoms with Crippen LogP contribution in [0, 0.1) is 0 Å². The van der Waals surface area contributed by atoms with Crippen molar-refractivity contribution in [1.29, 1.82) is 0 Å². The first-order valence-corrected chi connectivity index (χ1v) is 5.55. The fraction of sp³-hybridized carbons (Fsp3) is 0.667. The molecule has 0 radical (unpaired) electrons. The molecule has 0 saturated carbocycles. The van der Waals surface area contributed by atoms with E-state index in [1.165, 1.54) is 6.92 Å². The van der Waals surface area contributed by atoms with Crippen molar-refractivity contribution in [2.45, 2.75) is 13.0 Å². The standard InChI is InChI=1S/C3H6O3.Fe.2H2O4S/c1-2(4)3(5)6;;2*1-5(2,3)4/h2,4H,1H3,(H,5,6);;2*(H2,1,2,3,4)/q;+4;;/p-4. The normalized spacial score (nSPS) is 11.6. The number of carboxylic acids is 1. The molecule has 11 nitrogen and oxygen atoms in total. The molecule has 1 unspecified atom stereocenters. The second kappa shape index (κ2) is 10.8. The van der Waals surface area contributed by atoms with E-state index in [4.69, 9.17) is 45.3 Å². The van der Waals surface area contributed by atoms with Crippen LogP contribution in [0.25, 0.3) is 0 Å². The van der Waals surface area contributed by atoms with Gasteiger partial charge in [0, 0.05) is 20.8 Å². The summed E-state index contributed by atoms with van der Waals surface area (Å²) in [5.74, 6) is -1.19. The zero-order chi connectivity index (χ0) is 14.2. The maximum Gasteiger partial charge on any atom is 4.00 e. The van der Waals surface area contributed by atoms with Gasteiger partial charge < -0.3 is 28.4 Å². The van der Waals surface area contributed by atoms with E-state index in [0.717, 1.165) is 0 Å². The van der Waals surface area contributed by atoms with E-state index in [2.05, 4.69) is 0 Å². The number of aliphatic hydroxyl groups excluding tert-OH is 1. The molecule has 0 aliphatic heterocycles. The minimum absolute atomic E-state index is 0. The predicted octanol–water partition coefficient (Wildman–Crippen LogP) is -3.23. The Morgan fingerprint density at radius 1 is 1.00 bits per heavy atom. The molecule has 0 saturated heterocycles. The van der Waals surface area contributed by atoms with Gasteiger partial charge in [0.1, 0.15) is 6.10 Å². The van der Waals surface area contributed by atoms with Crippen molar-refractivity contribution in [2.75, 3.05) is 0 Å². The van der Waals surface area contributed by atoms with Gasteiger partial charge in [0.25, 0.3) is 0 Å². The molecule has 0 heterocycles. The first-order valence-electron chi connectivity index (χ1n) is 2.89. The quantitative estimate of drug-likeness (QED) is 0.275. The number of carbonyl (C=O) groups is 1. The van der Waals surface area contributed by atoms with Gasteiger partial charge in [-0.3, -0.25) is 16.8 Å². The van der Waals surface area contributed by atoms with Crippen molar-refractivity contribution in [1.82, 2.24) is 0 Å². The maximum atomic E-state index is 9.45. The summed E-state index contributed by atoms with van der Waals surface area (Å²) in [6.07, 6.45) is -1.23. The number of aliphatic hydroxyl groups is 1. The molecular formula is C3H6FeO11S2. The van der Waals surface area contributed by atoms with Crippen molar-refractivity contribution < 1.29 is 67.1 Å². The number of aliphatic carboxylic acids is 1. The molecule has 0 rings (SSSR count). The van der Waals surface area contributed by atoms with Crippen LogP contribution in [0.2, 0.25) is 0 Å². The van der Waals surface area contributed by atoms with Crippen LogP contribution in [-0.4, -0.2) is 57.3 Å². The Labute approximate surface area is 107 Å². The van der Waals surface area contributed by atoms with Gasteiger partial charge in [0.15, 0.2) is 0 Å². The molecule has 0 aromatic carbocycles. The fourth-order valence-corrected chi connectivity index (χ4v) is 0. The molecule has 0 spiro atoms. The van der Waals surface area contributed by atoms with E-state index in [0.29, 0.717) is 0 Å². The summed E-state index contributed by atoms with van der Waals surface area (Å²) in [5, 5.41) is 15.8. The van der Waals surface area contributed by atoms with Gasteiger partial charge in [0.2, 0.25) is 0 Å². The molecule has 0 aliphatic carbocycles. The van der Waals surface area contributed by atoms with Crippen LogP contribution in [-0.2, 0) is 42.7 Å². The third kappa shape index (κ3) is 216. The fourth-order valence-electron chi connectivity index (χ4n) is 0. The SMILES string of the molecule is CC(O)C(=O)O.O=S(=O)([O-])[O-].O=S(=O)([O-])[O-].[Fe+4]. The van der Waals surface area contributed by atoms with Gasteiger partial charge in [-0.1, -0.05) is 0 Å². The van der Waals surface area contributed by atoms with Gasteiger partial charge in [-0.15, -0.1) is 0 Å². The zero-order valence-corrected chi connectivity index (χ0v) is 10.6. The smallest absolute Gasteiger partial charge is 0.759 e. The summed E-state index contributed by atoms with van der Waals surface area (Å²) in [4.78, 5) is 9.45. The molecule has 0 fully saturated rings. The first-order chi connectivity index (χ1) is 6.64. The third-order valence-electron chi connectivity index (χ3n) is 0.357. The van der Waals surface area contributed by atoms with Crippen LogP contribution in [0.1, 0.15) is 6.92 Å². The van der Waals surface area contributed by atoms with Crippen LogP contribution < -0.4 is 0 Å². The van der Waals surface area contributed by atoms with Gasteiger partial charge in [-0.25, -0.2) is 4.79 Å². The van der Waals surface area contributed by atoms with Gasteiger partial charge in [-0.2, -0.15) is 0 Å². The van der Waals surface area contributed by atoms with Crippen molar-refractivity contribution in [2.24, 2.45) is 0 Å². The molecule has 104 valence electrons. The largest absolute Gasteiger partial charge is 4.00 e. The molecule has 2 N–H and O–H groups in total. The second-order valence-electron chi connectivity index (χ2n) is 1.83. The molecule has 0 aromatic rings. The molecule has 17 heavy (non-hydrogen) atoms. The van der Waals surface area contributed by atoms with Crippen LogP contribution >= 0.6 is 0 Å². The molecular weight excluding hydrogens is 332 g/mol. The Kier molecular flexibility index (Phi) is 16.2. The maximum absolute atomic E-state index is 9.45. The van der Waals surface area contributed by atoms with E-state index < -0.39 is 32.9 Å². The summed E-state index contributed by atoms with van der Waals surface area (Å²) in [6.45, 7) is 1.20. The van der Waals surface area contributed by atoms with Crippen LogP contribution in [0.15, 0.2) is 0 Å². The van der Waals surface area contributed by atoms with Gasteiger partial charge in [0.05, 0.1) is 0 Å². The molecule has 0 amide bonds. The average molecular weight is 338 g/mol. The average Bonchev–Trinajstić information content (AvgIpc) is 1.77. The van der Waals surface area contributed by atoms with E-state index >= 15 is 0 Å². The number of carboxylic acid groups (broad SMARTS) is 1. The molecule has 0 aliphatic rings. The third-order valence-corrected chi connectivity index (χ3v) is 0.357. The zero-order valence-electron chi connectivity index (χ0n) is 7.82. The summed E-state index contributed by atoms with van der Waals surface area (Å²) in [6, 6.07) is 0. The van der Waals surface area contributed by atoms with Crippen LogP contribution in [0.5, 0.6) is 0 Å². The van der Waals surface area contributed by atoms with E-state index in [9.17, 15) is 4.79 Å². The number of rotatable bonds is 1. The van der Waals surface area contributed by atoms with E-state index in [-0.39, 0.29) is 17.1 Å². The predicted molar refractivity (Wildman–Crippen MR) is 40.3 cm³/mol.